The molecule has 0 aliphatic carbocycles. The number of aromatic nitrogens is 1. The number of nitrogens with one attached hydrogen (secondary N) is 2. The van der Waals surface area contributed by atoms with E-state index in [1.807, 2.05) is 90.6 Å². The summed E-state index contributed by atoms with van der Waals surface area (Å²) in [6.07, 6.45) is 3.97. The van der Waals surface area contributed by atoms with Crippen molar-refractivity contribution < 1.29 is 4.79 Å². The number of anilines is 1. The molecule has 23 heavy (non-hydrogen) atoms. The lowest BCUT2D eigenvalue weighted by molar-refractivity contribution is 0.249. The van der Waals surface area contributed by atoms with Gasteiger partial charge in [-0.3, -0.25) is 0 Å². The summed E-state index contributed by atoms with van der Waals surface area (Å²) >= 11 is 0. The van der Waals surface area contributed by atoms with Gasteiger partial charge in [0.05, 0.1) is 6.04 Å². The SMILES string of the molecule is CC(NC(=O)Nc1ccc(-n2cccc2)cc1)c1ccccc1. The van der Waals surface area contributed by atoms with Crippen LogP contribution in [0.1, 0.15) is 18.5 Å². The highest BCUT2D eigenvalue weighted by atomic mass is 16.2. The zero-order valence-corrected chi connectivity index (χ0v) is 12.9. The van der Waals surface area contributed by atoms with Crippen LogP contribution in [0.15, 0.2) is 79.1 Å². The summed E-state index contributed by atoms with van der Waals surface area (Å²) in [5, 5.41) is 5.79. The lowest BCUT2D eigenvalue weighted by Gasteiger charge is -2.15. The predicted molar refractivity (Wildman–Crippen MR) is 92.8 cm³/mol. The van der Waals surface area contributed by atoms with Crippen molar-refractivity contribution in [3.8, 4) is 5.69 Å². The Kier molecular flexibility index (Phi) is 4.43. The van der Waals surface area contributed by atoms with Crippen LogP contribution in [0.25, 0.3) is 5.69 Å². The summed E-state index contributed by atoms with van der Waals surface area (Å²) in [4.78, 5) is 12.1. The van der Waals surface area contributed by atoms with Gasteiger partial charge in [0, 0.05) is 23.8 Å². The zero-order valence-electron chi connectivity index (χ0n) is 12.9. The largest absolute Gasteiger partial charge is 0.331 e. The Morgan fingerprint density at radius 1 is 0.913 bits per heavy atom. The topological polar surface area (TPSA) is 46.1 Å². The second kappa shape index (κ2) is 6.83. The van der Waals surface area contributed by atoms with Crippen molar-refractivity contribution in [3.63, 3.8) is 0 Å². The van der Waals surface area contributed by atoms with Crippen molar-refractivity contribution in [2.45, 2.75) is 13.0 Å². The minimum absolute atomic E-state index is 0.0460. The number of carbonyl (C=O) groups excluding carboxylic acids is 1. The van der Waals surface area contributed by atoms with E-state index in [9.17, 15) is 4.79 Å². The van der Waals surface area contributed by atoms with Gasteiger partial charge >= 0.3 is 6.03 Å². The molecule has 0 bridgehead atoms. The van der Waals surface area contributed by atoms with Crippen LogP contribution in [0.3, 0.4) is 0 Å². The van der Waals surface area contributed by atoms with Crippen molar-refractivity contribution in [1.29, 1.82) is 0 Å². The maximum atomic E-state index is 12.1. The number of amides is 2. The molecule has 2 aromatic carbocycles. The molecule has 0 aliphatic heterocycles. The molecular weight excluding hydrogens is 286 g/mol. The van der Waals surface area contributed by atoms with Crippen LogP contribution in [0, 0.1) is 0 Å². The fraction of sp³-hybridized carbons (Fsp3) is 0.105. The lowest BCUT2D eigenvalue weighted by atomic mass is 10.1. The Hall–Kier alpha value is -3.01. The summed E-state index contributed by atoms with van der Waals surface area (Å²) in [5.74, 6) is 0. The van der Waals surface area contributed by atoms with Crippen molar-refractivity contribution in [1.82, 2.24) is 9.88 Å². The Morgan fingerprint density at radius 3 is 2.22 bits per heavy atom. The molecule has 0 fully saturated rings. The summed E-state index contributed by atoms with van der Waals surface area (Å²) in [6, 6.07) is 21.3. The monoisotopic (exact) mass is 305 g/mol. The van der Waals surface area contributed by atoms with Gasteiger partial charge in [-0.2, -0.15) is 0 Å². The first kappa shape index (κ1) is 14.9. The molecule has 3 rings (SSSR count). The number of benzene rings is 2. The molecule has 0 saturated heterocycles. The number of rotatable bonds is 4. The van der Waals surface area contributed by atoms with Gasteiger partial charge in [-0.1, -0.05) is 30.3 Å². The molecule has 4 nitrogen and oxygen atoms in total. The summed E-state index contributed by atoms with van der Waals surface area (Å²) in [5.41, 5.74) is 2.89. The van der Waals surface area contributed by atoms with E-state index in [0.29, 0.717) is 0 Å². The Balaban J connectivity index is 1.60. The molecule has 1 aromatic heterocycles. The Bertz CT molecular complexity index is 749. The molecule has 0 spiro atoms. The highest BCUT2D eigenvalue weighted by molar-refractivity contribution is 5.89. The van der Waals surface area contributed by atoms with Gasteiger partial charge in [0.15, 0.2) is 0 Å². The van der Waals surface area contributed by atoms with Gasteiger partial charge < -0.3 is 15.2 Å². The molecule has 116 valence electrons. The van der Waals surface area contributed by atoms with Gasteiger partial charge in [0.2, 0.25) is 0 Å². The minimum Gasteiger partial charge on any atom is -0.331 e. The molecule has 2 amide bonds. The fourth-order valence-corrected chi connectivity index (χ4v) is 2.41. The van der Waals surface area contributed by atoms with Gasteiger partial charge in [0.25, 0.3) is 0 Å². The molecule has 1 heterocycles. The van der Waals surface area contributed by atoms with Crippen molar-refractivity contribution in [2.24, 2.45) is 0 Å². The number of hydrogen-bond donors (Lipinski definition) is 2. The van der Waals surface area contributed by atoms with E-state index in [-0.39, 0.29) is 12.1 Å². The molecule has 3 aromatic rings. The fourth-order valence-electron chi connectivity index (χ4n) is 2.41. The molecule has 2 N–H and O–H groups in total. The first-order valence-electron chi connectivity index (χ1n) is 7.58. The smallest absolute Gasteiger partial charge is 0.319 e. The second-order valence-corrected chi connectivity index (χ2v) is 5.37. The van der Waals surface area contributed by atoms with E-state index >= 15 is 0 Å². The average molecular weight is 305 g/mol. The van der Waals surface area contributed by atoms with Crippen molar-refractivity contribution in [3.05, 3.63) is 84.7 Å². The van der Waals surface area contributed by atoms with E-state index in [4.69, 9.17) is 0 Å². The standard InChI is InChI=1S/C19H19N3O/c1-15(16-7-3-2-4-8-16)20-19(23)21-17-9-11-18(12-10-17)22-13-5-6-14-22/h2-15H,1H3,(H2,20,21,23). The average Bonchev–Trinajstić information content (AvgIpc) is 3.11. The van der Waals surface area contributed by atoms with Gasteiger partial charge in [-0.25, -0.2) is 4.79 Å². The maximum absolute atomic E-state index is 12.1. The Labute approximate surface area is 135 Å². The van der Waals surface area contributed by atoms with Crippen LogP contribution in [0.2, 0.25) is 0 Å². The van der Waals surface area contributed by atoms with Gasteiger partial charge in [-0.05, 0) is 48.9 Å². The van der Waals surface area contributed by atoms with Crippen LogP contribution in [-0.4, -0.2) is 10.6 Å². The lowest BCUT2D eigenvalue weighted by Crippen LogP contribution is -2.31. The molecule has 1 unspecified atom stereocenters. The van der Waals surface area contributed by atoms with Gasteiger partial charge in [0.1, 0.15) is 0 Å². The van der Waals surface area contributed by atoms with Crippen LogP contribution in [-0.2, 0) is 0 Å². The van der Waals surface area contributed by atoms with E-state index in [0.717, 1.165) is 16.9 Å². The third-order valence-electron chi connectivity index (χ3n) is 3.67. The van der Waals surface area contributed by atoms with Crippen LogP contribution < -0.4 is 10.6 Å². The van der Waals surface area contributed by atoms with E-state index in [1.165, 1.54) is 0 Å². The third-order valence-corrected chi connectivity index (χ3v) is 3.67. The highest BCUT2D eigenvalue weighted by Crippen LogP contribution is 2.15. The maximum Gasteiger partial charge on any atom is 0.319 e. The summed E-state index contributed by atoms with van der Waals surface area (Å²) < 4.78 is 2.02. The van der Waals surface area contributed by atoms with Gasteiger partial charge in [-0.15, -0.1) is 0 Å². The number of hydrogen-bond acceptors (Lipinski definition) is 1. The number of nitrogens with zero attached hydrogens (tertiary/aromatic N) is 1. The normalized spacial score (nSPS) is 11.7. The summed E-state index contributed by atoms with van der Waals surface area (Å²) in [7, 11) is 0. The second-order valence-electron chi connectivity index (χ2n) is 5.37. The van der Waals surface area contributed by atoms with Crippen LogP contribution in [0.5, 0.6) is 0 Å². The zero-order chi connectivity index (χ0) is 16.1. The Morgan fingerprint density at radius 2 is 1.57 bits per heavy atom. The van der Waals surface area contributed by atoms with E-state index < -0.39 is 0 Å². The minimum atomic E-state index is -0.213. The number of carbonyl (C=O) groups is 1. The molecule has 1 atom stereocenters. The quantitative estimate of drug-likeness (QED) is 0.739. The third kappa shape index (κ3) is 3.80. The predicted octanol–water partition coefficient (Wildman–Crippen LogP) is 4.36. The highest BCUT2D eigenvalue weighted by Gasteiger charge is 2.09. The first-order chi connectivity index (χ1) is 11.2. The molecule has 4 heteroatoms. The van der Waals surface area contributed by atoms with Crippen molar-refractivity contribution >= 4 is 11.7 Å². The van der Waals surface area contributed by atoms with E-state index in [2.05, 4.69) is 10.6 Å². The summed E-state index contributed by atoms with van der Waals surface area (Å²) in [6.45, 7) is 1.96. The molecular formula is C19H19N3O. The van der Waals surface area contributed by atoms with Crippen molar-refractivity contribution in [2.75, 3.05) is 5.32 Å². The van der Waals surface area contributed by atoms with E-state index in [1.54, 1.807) is 0 Å². The van der Waals surface area contributed by atoms with Crippen LogP contribution >= 0.6 is 0 Å². The first-order valence-corrected chi connectivity index (χ1v) is 7.58. The number of urea groups is 1. The molecule has 0 saturated carbocycles. The van der Waals surface area contributed by atoms with Crippen LogP contribution in [0.4, 0.5) is 10.5 Å². The molecule has 0 aliphatic rings. The molecule has 0 radical (unpaired) electrons.